The van der Waals surface area contributed by atoms with Crippen molar-refractivity contribution < 1.29 is 20.1 Å². The van der Waals surface area contributed by atoms with E-state index >= 15 is 0 Å². The number of hydrogen-bond acceptors (Lipinski definition) is 4. The number of aromatic hydroxyl groups is 3. The summed E-state index contributed by atoms with van der Waals surface area (Å²) in [4.78, 5) is 0. The Kier molecular flexibility index (Phi) is 2.52. The van der Waals surface area contributed by atoms with E-state index < -0.39 is 0 Å². The smallest absolute Gasteiger partial charge is 0.200 e. The summed E-state index contributed by atoms with van der Waals surface area (Å²) in [6.07, 6.45) is 1.46. The quantitative estimate of drug-likeness (QED) is 0.688. The van der Waals surface area contributed by atoms with Crippen molar-refractivity contribution in [2.45, 2.75) is 12.8 Å². The zero-order valence-corrected chi connectivity index (χ0v) is 10.5. The van der Waals surface area contributed by atoms with Gasteiger partial charge in [-0.3, -0.25) is 0 Å². The van der Waals surface area contributed by atoms with Crippen LogP contribution in [0.1, 0.15) is 11.1 Å². The van der Waals surface area contributed by atoms with Crippen LogP contribution in [-0.4, -0.2) is 22.4 Å². The molecule has 0 aromatic heterocycles. The zero-order chi connectivity index (χ0) is 13.6. The van der Waals surface area contributed by atoms with Gasteiger partial charge in [-0.05, 0) is 36.1 Å². The van der Waals surface area contributed by atoms with E-state index in [1.165, 1.54) is 13.2 Å². The number of aryl methyl sites for hydroxylation is 1. The highest BCUT2D eigenvalue weighted by molar-refractivity contribution is 5.83. The Bertz CT molecular complexity index is 662. The van der Waals surface area contributed by atoms with E-state index in [0.29, 0.717) is 17.5 Å². The van der Waals surface area contributed by atoms with E-state index in [-0.39, 0.29) is 23.0 Å². The largest absolute Gasteiger partial charge is 0.507 e. The van der Waals surface area contributed by atoms with E-state index in [1.807, 2.05) is 6.07 Å². The summed E-state index contributed by atoms with van der Waals surface area (Å²) in [5, 5.41) is 29.7. The van der Waals surface area contributed by atoms with Crippen LogP contribution in [0.3, 0.4) is 0 Å². The van der Waals surface area contributed by atoms with Crippen molar-refractivity contribution in [3.8, 4) is 34.1 Å². The van der Waals surface area contributed by atoms with Crippen molar-refractivity contribution in [1.82, 2.24) is 0 Å². The van der Waals surface area contributed by atoms with Crippen LogP contribution in [0.5, 0.6) is 23.0 Å². The predicted octanol–water partition coefficient (Wildman–Crippen LogP) is 2.58. The molecule has 0 radical (unpaired) electrons. The number of fused-ring (bicyclic) bond motifs is 3. The molecular formula is C15H14O4. The molecule has 1 aliphatic rings. The molecule has 0 saturated heterocycles. The van der Waals surface area contributed by atoms with Crippen LogP contribution >= 0.6 is 0 Å². The summed E-state index contributed by atoms with van der Waals surface area (Å²) in [5.74, 6) is -0.0404. The Labute approximate surface area is 110 Å². The van der Waals surface area contributed by atoms with Gasteiger partial charge in [-0.15, -0.1) is 0 Å². The Morgan fingerprint density at radius 3 is 2.58 bits per heavy atom. The van der Waals surface area contributed by atoms with Crippen LogP contribution in [0, 0.1) is 0 Å². The molecule has 0 aliphatic heterocycles. The topological polar surface area (TPSA) is 69.9 Å². The molecule has 0 saturated carbocycles. The highest BCUT2D eigenvalue weighted by Gasteiger charge is 2.25. The van der Waals surface area contributed by atoms with Gasteiger partial charge in [-0.25, -0.2) is 0 Å². The zero-order valence-electron chi connectivity index (χ0n) is 10.5. The summed E-state index contributed by atoms with van der Waals surface area (Å²) in [6.45, 7) is 0. The Morgan fingerprint density at radius 2 is 1.84 bits per heavy atom. The molecule has 0 amide bonds. The third-order valence-corrected chi connectivity index (χ3v) is 3.58. The van der Waals surface area contributed by atoms with Gasteiger partial charge < -0.3 is 20.1 Å². The molecule has 2 aromatic rings. The van der Waals surface area contributed by atoms with Crippen LogP contribution in [0.25, 0.3) is 11.1 Å². The summed E-state index contributed by atoms with van der Waals surface area (Å²) < 4.78 is 5.19. The Hall–Kier alpha value is -2.36. The number of phenolic OH excluding ortho intramolecular Hbond substituents is 3. The second-order valence-corrected chi connectivity index (χ2v) is 4.61. The standard InChI is InChI=1S/C15H14O4/c1-19-15-9-6-5-8-3-2-4-11(16)13(8)10(9)7-12(17)14(15)18/h2-4,7,16-18H,5-6H2,1H3. The normalized spacial score (nSPS) is 12.7. The van der Waals surface area contributed by atoms with Gasteiger partial charge in [0, 0.05) is 11.1 Å². The van der Waals surface area contributed by atoms with Gasteiger partial charge in [0.15, 0.2) is 11.5 Å². The van der Waals surface area contributed by atoms with Crippen molar-refractivity contribution >= 4 is 0 Å². The molecular weight excluding hydrogens is 244 g/mol. The lowest BCUT2D eigenvalue weighted by atomic mass is 9.84. The molecule has 0 atom stereocenters. The first kappa shape index (κ1) is 11.7. The van der Waals surface area contributed by atoms with Crippen molar-refractivity contribution in [2.24, 2.45) is 0 Å². The van der Waals surface area contributed by atoms with E-state index in [0.717, 1.165) is 17.5 Å². The van der Waals surface area contributed by atoms with Gasteiger partial charge in [0.25, 0.3) is 0 Å². The summed E-state index contributed by atoms with van der Waals surface area (Å²) in [6, 6.07) is 6.85. The molecule has 0 heterocycles. The monoisotopic (exact) mass is 258 g/mol. The highest BCUT2D eigenvalue weighted by Crippen LogP contribution is 2.49. The number of rotatable bonds is 1. The first-order valence-electron chi connectivity index (χ1n) is 6.06. The number of benzene rings is 2. The van der Waals surface area contributed by atoms with Crippen LogP contribution in [0.2, 0.25) is 0 Å². The van der Waals surface area contributed by atoms with E-state index in [4.69, 9.17) is 4.74 Å². The van der Waals surface area contributed by atoms with Crippen molar-refractivity contribution in [3.05, 3.63) is 35.4 Å². The first-order chi connectivity index (χ1) is 9.13. The Balaban J connectivity index is 2.36. The summed E-state index contributed by atoms with van der Waals surface area (Å²) in [7, 11) is 1.45. The molecule has 2 aromatic carbocycles. The van der Waals surface area contributed by atoms with E-state index in [2.05, 4.69) is 0 Å². The fourth-order valence-electron chi connectivity index (χ4n) is 2.73. The van der Waals surface area contributed by atoms with Crippen LogP contribution in [0.4, 0.5) is 0 Å². The minimum Gasteiger partial charge on any atom is -0.507 e. The third kappa shape index (κ3) is 1.60. The summed E-state index contributed by atoms with van der Waals surface area (Å²) in [5.41, 5.74) is 3.26. The van der Waals surface area contributed by atoms with Crippen LogP contribution < -0.4 is 4.74 Å². The van der Waals surface area contributed by atoms with Gasteiger partial charge >= 0.3 is 0 Å². The number of ether oxygens (including phenoxy) is 1. The molecule has 1 aliphatic carbocycles. The van der Waals surface area contributed by atoms with Crippen molar-refractivity contribution in [2.75, 3.05) is 7.11 Å². The average Bonchev–Trinajstić information content (AvgIpc) is 2.40. The van der Waals surface area contributed by atoms with Crippen molar-refractivity contribution in [1.29, 1.82) is 0 Å². The first-order valence-corrected chi connectivity index (χ1v) is 6.06. The van der Waals surface area contributed by atoms with Crippen molar-refractivity contribution in [3.63, 3.8) is 0 Å². The molecule has 3 rings (SSSR count). The fraction of sp³-hybridized carbons (Fsp3) is 0.200. The third-order valence-electron chi connectivity index (χ3n) is 3.58. The van der Waals surface area contributed by atoms with E-state index in [9.17, 15) is 15.3 Å². The number of phenols is 3. The molecule has 0 spiro atoms. The molecule has 4 nitrogen and oxygen atoms in total. The lowest BCUT2D eigenvalue weighted by Gasteiger charge is -2.23. The van der Waals surface area contributed by atoms with Gasteiger partial charge in [0.05, 0.1) is 7.11 Å². The molecule has 98 valence electrons. The lowest BCUT2D eigenvalue weighted by Crippen LogP contribution is -2.06. The second kappa shape index (κ2) is 4.09. The molecule has 0 fully saturated rings. The van der Waals surface area contributed by atoms with Crippen LogP contribution in [0.15, 0.2) is 24.3 Å². The number of hydrogen-bond donors (Lipinski definition) is 3. The predicted molar refractivity (Wildman–Crippen MR) is 70.8 cm³/mol. The van der Waals surface area contributed by atoms with Gasteiger partial charge in [0.2, 0.25) is 5.75 Å². The molecule has 3 N–H and O–H groups in total. The minimum atomic E-state index is -0.250. The molecule has 19 heavy (non-hydrogen) atoms. The number of methoxy groups -OCH3 is 1. The minimum absolute atomic E-state index is 0.172. The van der Waals surface area contributed by atoms with Crippen LogP contribution in [-0.2, 0) is 12.8 Å². The van der Waals surface area contributed by atoms with Gasteiger partial charge in [-0.2, -0.15) is 0 Å². The second-order valence-electron chi connectivity index (χ2n) is 4.61. The highest BCUT2D eigenvalue weighted by atomic mass is 16.5. The van der Waals surface area contributed by atoms with Gasteiger partial charge in [0.1, 0.15) is 5.75 Å². The fourth-order valence-corrected chi connectivity index (χ4v) is 2.73. The van der Waals surface area contributed by atoms with Gasteiger partial charge in [-0.1, -0.05) is 12.1 Å². The molecule has 0 unspecified atom stereocenters. The molecule has 4 heteroatoms. The molecule has 0 bridgehead atoms. The SMILES string of the molecule is COc1c(O)c(O)cc2c1CCc1cccc(O)c1-2. The maximum absolute atomic E-state index is 10.0. The maximum Gasteiger partial charge on any atom is 0.200 e. The summed E-state index contributed by atoms with van der Waals surface area (Å²) >= 11 is 0. The van der Waals surface area contributed by atoms with E-state index in [1.54, 1.807) is 12.1 Å². The average molecular weight is 258 g/mol. The lowest BCUT2D eigenvalue weighted by molar-refractivity contribution is 0.347. The maximum atomic E-state index is 10.0. The Morgan fingerprint density at radius 1 is 1.05 bits per heavy atom.